The van der Waals surface area contributed by atoms with Crippen molar-refractivity contribution in [3.63, 3.8) is 0 Å². The Morgan fingerprint density at radius 1 is 0.593 bits per heavy atom. The molecule has 314 valence electrons. The van der Waals surface area contributed by atoms with Crippen molar-refractivity contribution in [2.45, 2.75) is 201 Å². The van der Waals surface area contributed by atoms with E-state index in [9.17, 15) is 24.0 Å². The van der Waals surface area contributed by atoms with E-state index in [1.165, 1.54) is 38.5 Å². The largest absolute Gasteiger partial charge is 0.509 e. The first kappa shape index (κ1) is 49.1. The van der Waals surface area contributed by atoms with E-state index in [-0.39, 0.29) is 51.3 Å². The third-order valence-corrected chi connectivity index (χ3v) is 9.48. The second-order valence-corrected chi connectivity index (χ2v) is 15.7. The van der Waals surface area contributed by atoms with Gasteiger partial charge in [-0.25, -0.2) is 4.79 Å². The Labute approximate surface area is 325 Å². The predicted octanol–water partition coefficient (Wildman–Crippen LogP) is 9.36. The van der Waals surface area contributed by atoms with E-state index in [4.69, 9.17) is 33.2 Å². The molecule has 12 heteroatoms. The predicted molar refractivity (Wildman–Crippen MR) is 206 cm³/mol. The number of hydrogen-bond donors (Lipinski definition) is 0. The van der Waals surface area contributed by atoms with Crippen molar-refractivity contribution in [3.05, 3.63) is 0 Å². The SMILES string of the molecule is CCCCCCCCCC(=O)OCC(COC(=O)CCCCCCCCC)OC(=O)OC1CCC(OC(=O)C(C)(COC(=O)C(C)C)COC(C)C)CC1. The first-order chi connectivity index (χ1) is 25.8. The van der Waals surface area contributed by atoms with E-state index in [1.807, 2.05) is 13.8 Å². The van der Waals surface area contributed by atoms with Crippen LogP contribution in [-0.2, 0) is 52.3 Å². The minimum atomic E-state index is -1.18. The molecule has 1 rings (SSSR count). The Morgan fingerprint density at radius 2 is 1.04 bits per heavy atom. The molecule has 12 nitrogen and oxygen atoms in total. The molecule has 0 aromatic rings. The highest BCUT2D eigenvalue weighted by Gasteiger charge is 2.40. The lowest BCUT2D eigenvalue weighted by Crippen LogP contribution is -2.43. The highest BCUT2D eigenvalue weighted by Crippen LogP contribution is 2.28. The normalized spacial score (nSPS) is 16.9. The van der Waals surface area contributed by atoms with Crippen LogP contribution in [0.2, 0.25) is 0 Å². The van der Waals surface area contributed by atoms with E-state index in [0.717, 1.165) is 51.4 Å². The van der Waals surface area contributed by atoms with Gasteiger partial charge in [0.1, 0.15) is 37.4 Å². The maximum Gasteiger partial charge on any atom is 0.509 e. The van der Waals surface area contributed by atoms with Gasteiger partial charge < -0.3 is 33.2 Å². The molecule has 0 saturated heterocycles. The van der Waals surface area contributed by atoms with Gasteiger partial charge in [-0.1, -0.05) is 105 Å². The van der Waals surface area contributed by atoms with Gasteiger partial charge in [0.05, 0.1) is 18.6 Å². The molecule has 0 radical (unpaired) electrons. The Kier molecular flexibility index (Phi) is 26.8. The highest BCUT2D eigenvalue weighted by molar-refractivity contribution is 5.78. The lowest BCUT2D eigenvalue weighted by Gasteiger charge is -2.32. The minimum Gasteiger partial charge on any atom is -0.464 e. The molecular formula is C42H74O12. The van der Waals surface area contributed by atoms with Crippen molar-refractivity contribution < 1.29 is 57.1 Å². The number of ether oxygens (including phenoxy) is 7. The molecule has 0 heterocycles. The molecule has 1 atom stereocenters. The number of hydrogen-bond acceptors (Lipinski definition) is 12. The van der Waals surface area contributed by atoms with Crippen molar-refractivity contribution in [2.24, 2.45) is 11.3 Å². The van der Waals surface area contributed by atoms with E-state index in [0.29, 0.717) is 25.7 Å². The Bertz CT molecular complexity index is 1020. The molecule has 0 aromatic carbocycles. The monoisotopic (exact) mass is 771 g/mol. The van der Waals surface area contributed by atoms with Crippen LogP contribution in [0.1, 0.15) is 177 Å². The molecule has 1 aliphatic carbocycles. The van der Waals surface area contributed by atoms with Gasteiger partial charge in [0.25, 0.3) is 0 Å². The average molecular weight is 771 g/mol. The summed E-state index contributed by atoms with van der Waals surface area (Å²) in [7, 11) is 0. The van der Waals surface area contributed by atoms with Crippen molar-refractivity contribution in [2.75, 3.05) is 26.4 Å². The summed E-state index contributed by atoms with van der Waals surface area (Å²) in [6, 6.07) is 0. The fraction of sp³-hybridized carbons (Fsp3) is 0.881. The van der Waals surface area contributed by atoms with Gasteiger partial charge in [-0.3, -0.25) is 19.2 Å². The summed E-state index contributed by atoms with van der Waals surface area (Å²) in [4.78, 5) is 63.2. The fourth-order valence-electron chi connectivity index (χ4n) is 5.85. The number of unbranched alkanes of at least 4 members (excludes halogenated alkanes) is 12. The summed E-state index contributed by atoms with van der Waals surface area (Å²) in [5, 5.41) is 0. The molecule has 1 unspecified atom stereocenters. The van der Waals surface area contributed by atoms with Crippen LogP contribution in [-0.4, -0.2) is 80.9 Å². The van der Waals surface area contributed by atoms with Gasteiger partial charge in [0, 0.05) is 12.8 Å². The van der Waals surface area contributed by atoms with Crippen molar-refractivity contribution in [1.29, 1.82) is 0 Å². The maximum absolute atomic E-state index is 13.3. The fourth-order valence-corrected chi connectivity index (χ4v) is 5.85. The Balaban J connectivity index is 2.65. The van der Waals surface area contributed by atoms with Gasteiger partial charge >= 0.3 is 30.0 Å². The lowest BCUT2D eigenvalue weighted by atomic mass is 9.91. The molecule has 0 amide bonds. The average Bonchev–Trinajstić information content (AvgIpc) is 3.13. The second-order valence-electron chi connectivity index (χ2n) is 15.7. The zero-order valence-electron chi connectivity index (χ0n) is 34.8. The van der Waals surface area contributed by atoms with E-state index in [2.05, 4.69) is 13.8 Å². The summed E-state index contributed by atoms with van der Waals surface area (Å²) < 4.78 is 38.9. The topological polar surface area (TPSA) is 150 Å². The summed E-state index contributed by atoms with van der Waals surface area (Å²) >= 11 is 0. The Morgan fingerprint density at radius 3 is 1.48 bits per heavy atom. The van der Waals surface area contributed by atoms with Gasteiger partial charge in [-0.15, -0.1) is 0 Å². The molecule has 0 aliphatic heterocycles. The second kappa shape index (κ2) is 29.4. The molecular weight excluding hydrogens is 696 g/mol. The molecule has 1 fully saturated rings. The first-order valence-corrected chi connectivity index (χ1v) is 21.0. The minimum absolute atomic E-state index is 0.0310. The van der Waals surface area contributed by atoms with Crippen LogP contribution in [0, 0.1) is 11.3 Å². The van der Waals surface area contributed by atoms with Gasteiger partial charge in [0.15, 0.2) is 6.10 Å². The number of carbonyl (C=O) groups is 5. The number of esters is 4. The lowest BCUT2D eigenvalue weighted by molar-refractivity contribution is -0.176. The zero-order chi connectivity index (χ0) is 40.2. The summed E-state index contributed by atoms with van der Waals surface area (Å²) in [6.45, 7) is 12.5. The van der Waals surface area contributed by atoms with E-state index >= 15 is 0 Å². The van der Waals surface area contributed by atoms with Gasteiger partial charge in [-0.2, -0.15) is 0 Å². The van der Waals surface area contributed by atoms with Crippen molar-refractivity contribution in [1.82, 2.24) is 0 Å². The van der Waals surface area contributed by atoms with Crippen molar-refractivity contribution in [3.8, 4) is 0 Å². The smallest absolute Gasteiger partial charge is 0.464 e. The molecule has 1 saturated carbocycles. The molecule has 0 N–H and O–H groups in total. The van der Waals surface area contributed by atoms with E-state index in [1.54, 1.807) is 20.8 Å². The summed E-state index contributed by atoms with van der Waals surface area (Å²) in [5.41, 5.74) is -1.18. The molecule has 1 aliphatic rings. The van der Waals surface area contributed by atoms with Crippen LogP contribution in [0.15, 0.2) is 0 Å². The molecule has 0 aromatic heterocycles. The van der Waals surface area contributed by atoms with Crippen LogP contribution in [0.4, 0.5) is 4.79 Å². The first-order valence-electron chi connectivity index (χ1n) is 21.0. The van der Waals surface area contributed by atoms with Crippen LogP contribution in [0.3, 0.4) is 0 Å². The molecule has 54 heavy (non-hydrogen) atoms. The Hall–Kier alpha value is -2.89. The van der Waals surface area contributed by atoms with Gasteiger partial charge in [-0.05, 0) is 59.3 Å². The highest BCUT2D eigenvalue weighted by atomic mass is 16.7. The van der Waals surface area contributed by atoms with Crippen LogP contribution < -0.4 is 0 Å². The maximum atomic E-state index is 13.3. The van der Waals surface area contributed by atoms with Crippen LogP contribution >= 0.6 is 0 Å². The summed E-state index contributed by atoms with van der Waals surface area (Å²) in [6.07, 6.45) is 14.3. The third-order valence-electron chi connectivity index (χ3n) is 9.48. The van der Waals surface area contributed by atoms with Crippen molar-refractivity contribution >= 4 is 30.0 Å². The summed E-state index contributed by atoms with van der Waals surface area (Å²) in [5.74, 6) is -2.04. The van der Waals surface area contributed by atoms with Crippen LogP contribution in [0.5, 0.6) is 0 Å². The quantitative estimate of drug-likeness (QED) is 0.0389. The zero-order valence-corrected chi connectivity index (χ0v) is 34.8. The third kappa shape index (κ3) is 23.8. The van der Waals surface area contributed by atoms with Gasteiger partial charge in [0.2, 0.25) is 0 Å². The molecule has 0 bridgehead atoms. The number of rotatable bonds is 30. The van der Waals surface area contributed by atoms with E-state index < -0.39 is 53.8 Å². The number of carbonyl (C=O) groups excluding carboxylic acids is 5. The molecule has 0 spiro atoms. The standard InChI is InChI=1S/C42H74O12/c1-8-10-12-14-16-18-20-22-37(43)48-28-36(29-49-38(44)23-21-19-17-15-13-11-9-2)54-41(47)53-35-26-24-34(25-27-35)52-40(46)42(7,30-50-33(5)6)31-51-39(45)32(3)4/h32-36H,8-31H2,1-7H3. The van der Waals surface area contributed by atoms with Crippen LogP contribution in [0.25, 0.3) is 0 Å².